The third-order valence-corrected chi connectivity index (χ3v) is 3.75. The molecule has 1 fully saturated rings. The van der Waals surface area contributed by atoms with E-state index in [2.05, 4.69) is 10.2 Å². The molecule has 5 heteroatoms. The van der Waals surface area contributed by atoms with E-state index in [-0.39, 0.29) is 5.91 Å². The highest BCUT2D eigenvalue weighted by molar-refractivity contribution is 5.74. The lowest BCUT2D eigenvalue weighted by atomic mass is 9.76. The van der Waals surface area contributed by atoms with Crippen molar-refractivity contribution in [2.45, 2.75) is 33.1 Å². The number of carbonyl (C=O) groups is 2. The Morgan fingerprint density at radius 1 is 1.35 bits per heavy atom. The first-order chi connectivity index (χ1) is 8.00. The molecule has 0 radical (unpaired) electrons. The molecule has 0 spiro atoms. The van der Waals surface area contributed by atoms with Gasteiger partial charge in [-0.05, 0) is 32.4 Å². The van der Waals surface area contributed by atoms with Gasteiger partial charge in [0.15, 0.2) is 0 Å². The van der Waals surface area contributed by atoms with Crippen LogP contribution in [0, 0.1) is 5.41 Å². The lowest BCUT2D eigenvalue weighted by Gasteiger charge is -2.38. The summed E-state index contributed by atoms with van der Waals surface area (Å²) in [6, 6.07) is 0. The van der Waals surface area contributed by atoms with Gasteiger partial charge in [0.05, 0.1) is 5.41 Å². The minimum Gasteiger partial charge on any atom is -0.481 e. The number of carboxylic acids is 1. The second-order valence-electron chi connectivity index (χ2n) is 4.76. The molecule has 0 aromatic heterocycles. The Labute approximate surface area is 102 Å². The van der Waals surface area contributed by atoms with Gasteiger partial charge >= 0.3 is 5.97 Å². The van der Waals surface area contributed by atoms with Gasteiger partial charge in [-0.2, -0.15) is 0 Å². The van der Waals surface area contributed by atoms with Crippen LogP contribution in [0.15, 0.2) is 0 Å². The monoisotopic (exact) mass is 242 g/mol. The molecule has 2 N–H and O–H groups in total. The van der Waals surface area contributed by atoms with Crippen LogP contribution >= 0.6 is 0 Å². The number of hydrogen-bond donors (Lipinski definition) is 2. The summed E-state index contributed by atoms with van der Waals surface area (Å²) in [5.74, 6) is -0.683. The summed E-state index contributed by atoms with van der Waals surface area (Å²) in [6.45, 7) is 6.50. The van der Waals surface area contributed by atoms with Crippen molar-refractivity contribution in [3.05, 3.63) is 0 Å². The quantitative estimate of drug-likeness (QED) is 0.744. The number of likely N-dealkylation sites (tertiary alicyclic amines) is 1. The number of nitrogens with zero attached hydrogens (tertiary/aromatic N) is 1. The number of hydrogen-bond acceptors (Lipinski definition) is 3. The van der Waals surface area contributed by atoms with Crippen LogP contribution in [0.4, 0.5) is 0 Å². The molecular formula is C12H22N2O3. The summed E-state index contributed by atoms with van der Waals surface area (Å²) in [6.07, 6.45) is 2.11. The average Bonchev–Trinajstić information content (AvgIpc) is 2.29. The summed E-state index contributed by atoms with van der Waals surface area (Å²) in [5, 5.41) is 12.0. The molecule has 1 amide bonds. The molecular weight excluding hydrogens is 220 g/mol. The van der Waals surface area contributed by atoms with Crippen LogP contribution in [0.5, 0.6) is 0 Å². The van der Waals surface area contributed by atoms with E-state index < -0.39 is 11.4 Å². The molecule has 17 heavy (non-hydrogen) atoms. The zero-order valence-electron chi connectivity index (χ0n) is 10.7. The minimum absolute atomic E-state index is 0.0181. The number of aliphatic carboxylic acids is 1. The maximum absolute atomic E-state index is 11.2. The molecule has 0 aromatic carbocycles. The van der Waals surface area contributed by atoms with E-state index in [1.807, 2.05) is 6.92 Å². The van der Waals surface area contributed by atoms with Crippen LogP contribution < -0.4 is 5.32 Å². The van der Waals surface area contributed by atoms with Crippen LogP contribution in [0.2, 0.25) is 0 Å². The van der Waals surface area contributed by atoms with Crippen molar-refractivity contribution >= 4 is 11.9 Å². The molecule has 0 unspecified atom stereocenters. The molecule has 0 saturated carbocycles. The van der Waals surface area contributed by atoms with Gasteiger partial charge in [0.25, 0.3) is 0 Å². The Morgan fingerprint density at radius 3 is 2.35 bits per heavy atom. The maximum Gasteiger partial charge on any atom is 0.309 e. The van der Waals surface area contributed by atoms with Crippen molar-refractivity contribution in [3.8, 4) is 0 Å². The van der Waals surface area contributed by atoms with Crippen molar-refractivity contribution in [2.75, 3.05) is 26.2 Å². The summed E-state index contributed by atoms with van der Waals surface area (Å²) < 4.78 is 0. The highest BCUT2D eigenvalue weighted by Crippen LogP contribution is 2.34. The Bertz CT molecular complexity index is 283. The van der Waals surface area contributed by atoms with Crippen LogP contribution in [-0.4, -0.2) is 48.1 Å². The molecule has 1 rings (SSSR count). The lowest BCUT2D eigenvalue weighted by Crippen LogP contribution is -2.46. The van der Waals surface area contributed by atoms with Crippen molar-refractivity contribution in [3.63, 3.8) is 0 Å². The van der Waals surface area contributed by atoms with E-state index in [0.717, 1.165) is 19.6 Å². The molecule has 0 bridgehead atoms. The number of carbonyl (C=O) groups excluding carboxylic acids is 1. The molecule has 1 saturated heterocycles. The van der Waals surface area contributed by atoms with Gasteiger partial charge in [0.1, 0.15) is 0 Å². The fourth-order valence-corrected chi connectivity index (χ4v) is 2.31. The van der Waals surface area contributed by atoms with Gasteiger partial charge in [-0.25, -0.2) is 0 Å². The van der Waals surface area contributed by atoms with Crippen molar-refractivity contribution in [1.82, 2.24) is 10.2 Å². The SMILES string of the molecule is CCC1(C(=O)O)CCN(CCNC(C)=O)CC1. The van der Waals surface area contributed by atoms with E-state index in [1.54, 1.807) is 0 Å². The Hall–Kier alpha value is -1.10. The standard InChI is InChI=1S/C12H22N2O3/c1-3-12(11(16)17)4-7-14(8-5-12)9-6-13-10(2)15/h3-9H2,1-2H3,(H,13,15)(H,16,17). The van der Waals surface area contributed by atoms with Crippen molar-refractivity contribution < 1.29 is 14.7 Å². The minimum atomic E-state index is -0.665. The average molecular weight is 242 g/mol. The van der Waals surface area contributed by atoms with E-state index >= 15 is 0 Å². The number of nitrogens with one attached hydrogen (secondary N) is 1. The Morgan fingerprint density at radius 2 is 1.94 bits per heavy atom. The first kappa shape index (κ1) is 14.0. The fourth-order valence-electron chi connectivity index (χ4n) is 2.31. The first-order valence-corrected chi connectivity index (χ1v) is 6.20. The second-order valence-corrected chi connectivity index (χ2v) is 4.76. The summed E-state index contributed by atoms with van der Waals surface area (Å²) in [5.41, 5.74) is -0.523. The summed E-state index contributed by atoms with van der Waals surface area (Å²) in [4.78, 5) is 24.2. The molecule has 98 valence electrons. The third-order valence-electron chi connectivity index (χ3n) is 3.75. The van der Waals surface area contributed by atoms with Gasteiger partial charge in [-0.15, -0.1) is 0 Å². The first-order valence-electron chi connectivity index (χ1n) is 6.20. The molecule has 0 atom stereocenters. The van der Waals surface area contributed by atoms with Crippen LogP contribution in [-0.2, 0) is 9.59 Å². The van der Waals surface area contributed by atoms with E-state index in [4.69, 9.17) is 0 Å². The summed E-state index contributed by atoms with van der Waals surface area (Å²) in [7, 11) is 0. The highest BCUT2D eigenvalue weighted by atomic mass is 16.4. The largest absolute Gasteiger partial charge is 0.481 e. The topological polar surface area (TPSA) is 69.6 Å². The molecule has 0 aliphatic carbocycles. The van der Waals surface area contributed by atoms with E-state index in [0.29, 0.717) is 25.8 Å². The molecule has 1 aliphatic heterocycles. The van der Waals surface area contributed by atoms with E-state index in [1.165, 1.54) is 6.92 Å². The molecule has 0 aromatic rings. The Balaban J connectivity index is 2.34. The lowest BCUT2D eigenvalue weighted by molar-refractivity contribution is -0.152. The van der Waals surface area contributed by atoms with Crippen molar-refractivity contribution in [1.29, 1.82) is 0 Å². The predicted molar refractivity (Wildman–Crippen MR) is 64.7 cm³/mol. The van der Waals surface area contributed by atoms with Crippen molar-refractivity contribution in [2.24, 2.45) is 5.41 Å². The number of rotatable bonds is 5. The van der Waals surface area contributed by atoms with Gasteiger partial charge in [-0.3, -0.25) is 9.59 Å². The molecule has 1 heterocycles. The predicted octanol–water partition coefficient (Wildman–Crippen LogP) is 0.699. The number of amides is 1. The Kier molecular flexibility index (Phi) is 4.93. The van der Waals surface area contributed by atoms with Crippen LogP contribution in [0.25, 0.3) is 0 Å². The number of carboxylic acid groups (broad SMARTS) is 1. The number of piperidine rings is 1. The smallest absolute Gasteiger partial charge is 0.309 e. The third kappa shape index (κ3) is 3.70. The van der Waals surface area contributed by atoms with Gasteiger partial charge in [-0.1, -0.05) is 6.92 Å². The second kappa shape index (κ2) is 6.00. The zero-order chi connectivity index (χ0) is 12.9. The fraction of sp³-hybridized carbons (Fsp3) is 0.833. The van der Waals surface area contributed by atoms with Crippen LogP contribution in [0.3, 0.4) is 0 Å². The maximum atomic E-state index is 11.2. The highest BCUT2D eigenvalue weighted by Gasteiger charge is 2.39. The normalized spacial score (nSPS) is 19.9. The summed E-state index contributed by atoms with van der Waals surface area (Å²) >= 11 is 0. The molecule has 5 nitrogen and oxygen atoms in total. The van der Waals surface area contributed by atoms with Gasteiger partial charge in [0, 0.05) is 20.0 Å². The van der Waals surface area contributed by atoms with Gasteiger partial charge in [0.2, 0.25) is 5.91 Å². The molecule has 1 aliphatic rings. The zero-order valence-corrected chi connectivity index (χ0v) is 10.7. The van der Waals surface area contributed by atoms with Crippen LogP contribution in [0.1, 0.15) is 33.1 Å². The van der Waals surface area contributed by atoms with Gasteiger partial charge < -0.3 is 15.3 Å². The van der Waals surface area contributed by atoms with E-state index in [9.17, 15) is 14.7 Å².